The van der Waals surface area contributed by atoms with Crippen LogP contribution in [0.25, 0.3) is 0 Å². The molecule has 17 heavy (non-hydrogen) atoms. The smallest absolute Gasteiger partial charge is 0.149 e. The standard InChI is InChI=1S/C12H24N2O3/c1-10(2)12(17)8-14-5-3-13(4-6-14)7-11(16)9-15/h10-11,15-16H,3-9H2,1-2H3. The molecule has 1 aliphatic rings. The SMILES string of the molecule is CC(C)C(=O)CN1CCN(CC(O)CO)CC1. The van der Waals surface area contributed by atoms with Crippen LogP contribution in [0.1, 0.15) is 13.8 Å². The van der Waals surface area contributed by atoms with Gasteiger partial charge in [0, 0.05) is 38.6 Å². The van der Waals surface area contributed by atoms with Crippen molar-refractivity contribution >= 4 is 5.78 Å². The maximum absolute atomic E-state index is 11.6. The molecule has 0 aromatic heterocycles. The number of hydrogen-bond acceptors (Lipinski definition) is 5. The lowest BCUT2D eigenvalue weighted by Gasteiger charge is -2.35. The van der Waals surface area contributed by atoms with Gasteiger partial charge in [0.15, 0.2) is 0 Å². The van der Waals surface area contributed by atoms with Gasteiger partial charge in [-0.25, -0.2) is 0 Å². The van der Waals surface area contributed by atoms with E-state index in [9.17, 15) is 9.90 Å². The van der Waals surface area contributed by atoms with Crippen molar-refractivity contribution in [2.24, 2.45) is 5.92 Å². The summed E-state index contributed by atoms with van der Waals surface area (Å²) in [5, 5.41) is 18.1. The molecular weight excluding hydrogens is 220 g/mol. The van der Waals surface area contributed by atoms with Gasteiger partial charge in [0.05, 0.1) is 19.3 Å². The Morgan fingerprint density at radius 3 is 2.18 bits per heavy atom. The third-order valence-corrected chi connectivity index (χ3v) is 3.17. The van der Waals surface area contributed by atoms with E-state index >= 15 is 0 Å². The van der Waals surface area contributed by atoms with Crippen molar-refractivity contribution in [3.8, 4) is 0 Å². The molecule has 1 heterocycles. The molecule has 100 valence electrons. The van der Waals surface area contributed by atoms with Gasteiger partial charge in [-0.3, -0.25) is 14.6 Å². The molecule has 0 aliphatic carbocycles. The quantitative estimate of drug-likeness (QED) is 0.639. The summed E-state index contributed by atoms with van der Waals surface area (Å²) in [6, 6.07) is 0. The minimum atomic E-state index is -0.654. The van der Waals surface area contributed by atoms with Crippen LogP contribution in [0.5, 0.6) is 0 Å². The number of carbonyl (C=O) groups is 1. The fraction of sp³-hybridized carbons (Fsp3) is 0.917. The predicted molar refractivity (Wildman–Crippen MR) is 65.8 cm³/mol. The normalized spacial score (nSPS) is 20.8. The number of nitrogens with zero attached hydrogens (tertiary/aromatic N) is 2. The largest absolute Gasteiger partial charge is 0.394 e. The van der Waals surface area contributed by atoms with Gasteiger partial charge >= 0.3 is 0 Å². The lowest BCUT2D eigenvalue weighted by atomic mass is 10.1. The molecule has 2 N–H and O–H groups in total. The summed E-state index contributed by atoms with van der Waals surface area (Å²) in [6.07, 6.45) is -0.654. The van der Waals surface area contributed by atoms with Crippen LogP contribution in [0.2, 0.25) is 0 Å². The molecule has 5 heteroatoms. The first kappa shape index (κ1) is 14.6. The highest BCUT2D eigenvalue weighted by Crippen LogP contribution is 2.04. The maximum atomic E-state index is 11.6. The minimum Gasteiger partial charge on any atom is -0.394 e. The molecule has 1 fully saturated rings. The van der Waals surface area contributed by atoms with E-state index < -0.39 is 6.10 Å². The van der Waals surface area contributed by atoms with Crippen LogP contribution in [0.4, 0.5) is 0 Å². The number of piperazine rings is 1. The second-order valence-corrected chi connectivity index (χ2v) is 5.03. The third kappa shape index (κ3) is 5.12. The fourth-order valence-corrected chi connectivity index (χ4v) is 1.89. The first-order chi connectivity index (χ1) is 8.02. The Hall–Kier alpha value is -0.490. The Kier molecular flexibility index (Phi) is 6.05. The number of rotatable bonds is 6. The summed E-state index contributed by atoms with van der Waals surface area (Å²) >= 11 is 0. The minimum absolute atomic E-state index is 0.101. The molecule has 0 spiro atoms. The van der Waals surface area contributed by atoms with E-state index in [0.717, 1.165) is 26.2 Å². The van der Waals surface area contributed by atoms with Crippen molar-refractivity contribution in [1.29, 1.82) is 0 Å². The number of ketones is 1. The number of carbonyl (C=O) groups excluding carboxylic acids is 1. The molecular formula is C12H24N2O3. The van der Waals surface area contributed by atoms with E-state index in [4.69, 9.17) is 5.11 Å². The first-order valence-electron chi connectivity index (χ1n) is 6.29. The van der Waals surface area contributed by atoms with Gasteiger partial charge in [0.2, 0.25) is 0 Å². The van der Waals surface area contributed by atoms with Gasteiger partial charge < -0.3 is 10.2 Å². The van der Waals surface area contributed by atoms with E-state index in [0.29, 0.717) is 13.1 Å². The van der Waals surface area contributed by atoms with Crippen LogP contribution in [0, 0.1) is 5.92 Å². The topological polar surface area (TPSA) is 64.0 Å². The van der Waals surface area contributed by atoms with Gasteiger partial charge in [-0.2, -0.15) is 0 Å². The second kappa shape index (κ2) is 7.06. The van der Waals surface area contributed by atoms with Crippen LogP contribution in [0.15, 0.2) is 0 Å². The Morgan fingerprint density at radius 2 is 1.71 bits per heavy atom. The second-order valence-electron chi connectivity index (χ2n) is 5.03. The summed E-state index contributed by atoms with van der Waals surface area (Å²) in [5.74, 6) is 0.387. The number of β-amino-alcohol motifs (C(OH)–C–C–N with tert-alkyl or cyclic N) is 1. The zero-order chi connectivity index (χ0) is 12.8. The number of aliphatic hydroxyl groups excluding tert-OH is 2. The van der Waals surface area contributed by atoms with Crippen molar-refractivity contribution in [3.63, 3.8) is 0 Å². The van der Waals surface area contributed by atoms with Crippen LogP contribution in [0.3, 0.4) is 0 Å². The lowest BCUT2D eigenvalue weighted by molar-refractivity contribution is -0.123. The van der Waals surface area contributed by atoms with Crippen LogP contribution < -0.4 is 0 Å². The molecule has 0 bridgehead atoms. The molecule has 1 saturated heterocycles. The van der Waals surface area contributed by atoms with E-state index in [2.05, 4.69) is 9.80 Å². The number of Topliss-reactive ketones (excluding diaryl/α,β-unsaturated/α-hetero) is 1. The molecule has 0 radical (unpaired) electrons. The zero-order valence-electron chi connectivity index (χ0n) is 10.8. The monoisotopic (exact) mass is 244 g/mol. The summed E-state index contributed by atoms with van der Waals surface area (Å²) in [5.41, 5.74) is 0. The highest BCUT2D eigenvalue weighted by molar-refractivity contribution is 5.82. The molecule has 5 nitrogen and oxygen atoms in total. The first-order valence-corrected chi connectivity index (χ1v) is 6.29. The van der Waals surface area contributed by atoms with E-state index in [1.165, 1.54) is 0 Å². The van der Waals surface area contributed by atoms with Crippen LogP contribution >= 0.6 is 0 Å². The Bertz CT molecular complexity index is 238. The maximum Gasteiger partial charge on any atom is 0.149 e. The van der Waals surface area contributed by atoms with Gasteiger partial charge in [0.25, 0.3) is 0 Å². The predicted octanol–water partition coefficient (Wildman–Crippen LogP) is -0.818. The number of hydrogen-bond donors (Lipinski definition) is 2. The summed E-state index contributed by atoms with van der Waals surface area (Å²) in [6.45, 7) is 8.13. The van der Waals surface area contributed by atoms with Crippen molar-refractivity contribution in [2.75, 3.05) is 45.9 Å². The highest BCUT2D eigenvalue weighted by Gasteiger charge is 2.21. The van der Waals surface area contributed by atoms with Gasteiger partial charge in [-0.1, -0.05) is 13.8 Å². The number of aliphatic hydroxyl groups is 2. The fourth-order valence-electron chi connectivity index (χ4n) is 1.89. The average Bonchev–Trinajstić information content (AvgIpc) is 2.31. The van der Waals surface area contributed by atoms with Gasteiger partial charge in [-0.15, -0.1) is 0 Å². The Labute approximate surface area is 103 Å². The Morgan fingerprint density at radius 1 is 1.18 bits per heavy atom. The van der Waals surface area contributed by atoms with E-state index in [1.807, 2.05) is 13.8 Å². The summed E-state index contributed by atoms with van der Waals surface area (Å²) in [7, 11) is 0. The van der Waals surface area contributed by atoms with E-state index in [-0.39, 0.29) is 18.3 Å². The molecule has 0 aromatic rings. The molecule has 0 aromatic carbocycles. The van der Waals surface area contributed by atoms with Crippen molar-refractivity contribution in [3.05, 3.63) is 0 Å². The van der Waals surface area contributed by atoms with Crippen LogP contribution in [-0.4, -0.2) is 77.8 Å². The molecule has 1 atom stereocenters. The molecule has 1 aliphatic heterocycles. The van der Waals surface area contributed by atoms with Gasteiger partial charge in [0.1, 0.15) is 5.78 Å². The van der Waals surface area contributed by atoms with Crippen molar-refractivity contribution in [2.45, 2.75) is 20.0 Å². The molecule has 0 saturated carbocycles. The summed E-state index contributed by atoms with van der Waals surface area (Å²) in [4.78, 5) is 15.9. The highest BCUT2D eigenvalue weighted by atomic mass is 16.3. The van der Waals surface area contributed by atoms with Crippen LogP contribution in [-0.2, 0) is 4.79 Å². The van der Waals surface area contributed by atoms with E-state index in [1.54, 1.807) is 0 Å². The molecule has 0 amide bonds. The zero-order valence-corrected chi connectivity index (χ0v) is 10.8. The van der Waals surface area contributed by atoms with Gasteiger partial charge in [-0.05, 0) is 0 Å². The molecule has 1 rings (SSSR count). The Balaban J connectivity index is 2.24. The average molecular weight is 244 g/mol. The molecule has 1 unspecified atom stereocenters. The van der Waals surface area contributed by atoms with Crippen molar-refractivity contribution < 1.29 is 15.0 Å². The van der Waals surface area contributed by atoms with Crippen molar-refractivity contribution in [1.82, 2.24) is 9.80 Å². The summed E-state index contributed by atoms with van der Waals surface area (Å²) < 4.78 is 0. The third-order valence-electron chi connectivity index (χ3n) is 3.17. The lowest BCUT2D eigenvalue weighted by Crippen LogP contribution is -2.50.